The topological polar surface area (TPSA) is 60.3 Å². The Labute approximate surface area is 104 Å². The monoisotopic (exact) mass is 246 g/mol. The number of para-hydroxylation sites is 1. The number of nitrogens with one attached hydrogen (secondary N) is 1. The van der Waals surface area contributed by atoms with Crippen molar-refractivity contribution in [1.82, 2.24) is 9.88 Å². The summed E-state index contributed by atoms with van der Waals surface area (Å²) in [5, 5.41) is 3.44. The second kappa shape index (κ2) is 5.35. The average molecular weight is 246 g/mol. The number of aromatic nitrogens is 1. The van der Waals surface area contributed by atoms with Crippen LogP contribution in [0.3, 0.4) is 0 Å². The van der Waals surface area contributed by atoms with Gasteiger partial charge in [-0.25, -0.2) is 4.79 Å². The number of hydrogen-bond acceptors (Lipinski definition) is 3. The molecule has 0 saturated heterocycles. The first-order valence-corrected chi connectivity index (χ1v) is 5.66. The maximum Gasteiger partial charge on any atom is 0.418 e. The maximum atomic E-state index is 11.8. The number of amides is 1. The zero-order valence-corrected chi connectivity index (χ0v) is 10.1. The third-order valence-electron chi connectivity index (χ3n) is 2.63. The largest absolute Gasteiger partial charge is 0.448 e. The molecule has 94 valence electrons. The molecule has 0 radical (unpaired) electrons. The van der Waals surface area contributed by atoms with E-state index in [2.05, 4.69) is 5.32 Å². The summed E-state index contributed by atoms with van der Waals surface area (Å²) in [5.74, 6) is -0.153. The Hall–Kier alpha value is -2.30. The number of benzene rings is 1. The molecule has 1 aromatic carbocycles. The van der Waals surface area contributed by atoms with Gasteiger partial charge in [0.05, 0.1) is 11.9 Å². The lowest BCUT2D eigenvalue weighted by Crippen LogP contribution is -2.21. The van der Waals surface area contributed by atoms with E-state index in [1.165, 1.54) is 4.57 Å². The zero-order valence-electron chi connectivity index (χ0n) is 10.1. The fourth-order valence-corrected chi connectivity index (χ4v) is 1.67. The van der Waals surface area contributed by atoms with Gasteiger partial charge in [0.1, 0.15) is 6.61 Å². The smallest absolute Gasteiger partial charge is 0.418 e. The molecule has 0 aliphatic carbocycles. The van der Waals surface area contributed by atoms with E-state index in [0.717, 1.165) is 10.9 Å². The van der Waals surface area contributed by atoms with Gasteiger partial charge in [-0.2, -0.15) is 0 Å². The number of nitrogens with zero attached hydrogens (tertiary/aromatic N) is 1. The molecule has 1 amide bonds. The molecule has 0 fully saturated rings. The molecule has 0 atom stereocenters. The van der Waals surface area contributed by atoms with Crippen LogP contribution in [0.2, 0.25) is 0 Å². The van der Waals surface area contributed by atoms with Crippen molar-refractivity contribution >= 4 is 22.9 Å². The molecule has 0 bridgehead atoms. The number of hydrogen-bond donors (Lipinski definition) is 1. The Morgan fingerprint density at radius 2 is 2.06 bits per heavy atom. The molecule has 0 unspecified atom stereocenters. The van der Waals surface area contributed by atoms with Crippen LogP contribution in [0.15, 0.2) is 36.5 Å². The molecule has 0 saturated carbocycles. The summed E-state index contributed by atoms with van der Waals surface area (Å²) in [4.78, 5) is 22.8. The molecule has 2 rings (SSSR count). The van der Waals surface area contributed by atoms with E-state index in [-0.39, 0.29) is 18.9 Å². The second-order valence-electron chi connectivity index (χ2n) is 3.78. The van der Waals surface area contributed by atoms with Gasteiger partial charge >= 0.3 is 6.09 Å². The predicted octanol–water partition coefficient (Wildman–Crippen LogP) is 1.76. The fourth-order valence-electron chi connectivity index (χ4n) is 1.67. The van der Waals surface area contributed by atoms with Crippen molar-refractivity contribution in [3.05, 3.63) is 36.5 Å². The van der Waals surface area contributed by atoms with Gasteiger partial charge in [-0.05, 0) is 12.1 Å². The maximum absolute atomic E-state index is 11.8. The van der Waals surface area contributed by atoms with Gasteiger partial charge < -0.3 is 10.1 Å². The lowest BCUT2D eigenvalue weighted by Gasteiger charge is -2.05. The van der Waals surface area contributed by atoms with Gasteiger partial charge in [-0.3, -0.25) is 9.36 Å². The van der Waals surface area contributed by atoms with Crippen LogP contribution in [0, 0.1) is 0 Å². The van der Waals surface area contributed by atoms with E-state index in [1.54, 1.807) is 13.2 Å². The molecular weight excluding hydrogens is 232 g/mol. The summed E-state index contributed by atoms with van der Waals surface area (Å²) in [6.07, 6.45) is 1.36. The molecule has 0 aliphatic heterocycles. The van der Waals surface area contributed by atoms with Gasteiger partial charge in [-0.1, -0.05) is 18.2 Å². The van der Waals surface area contributed by atoms with Crippen molar-refractivity contribution < 1.29 is 14.3 Å². The van der Waals surface area contributed by atoms with E-state index in [0.29, 0.717) is 0 Å². The lowest BCUT2D eigenvalue weighted by atomic mass is 10.2. The van der Waals surface area contributed by atoms with Crippen LogP contribution in [-0.4, -0.2) is 30.2 Å². The zero-order chi connectivity index (χ0) is 13.0. The van der Waals surface area contributed by atoms with Crippen LogP contribution in [0.4, 0.5) is 4.79 Å². The third-order valence-corrected chi connectivity index (χ3v) is 2.63. The van der Waals surface area contributed by atoms with Crippen LogP contribution < -0.4 is 5.32 Å². The van der Waals surface area contributed by atoms with Gasteiger partial charge in [-0.15, -0.1) is 0 Å². The van der Waals surface area contributed by atoms with Gasteiger partial charge in [0.2, 0.25) is 5.91 Å². The van der Waals surface area contributed by atoms with E-state index < -0.39 is 6.09 Å². The van der Waals surface area contributed by atoms with Gasteiger partial charge in [0.25, 0.3) is 0 Å². The second-order valence-corrected chi connectivity index (χ2v) is 3.78. The Morgan fingerprint density at radius 1 is 1.28 bits per heavy atom. The summed E-state index contributed by atoms with van der Waals surface area (Å²) in [7, 11) is 1.55. The van der Waals surface area contributed by atoms with Gasteiger partial charge in [0, 0.05) is 18.6 Å². The number of rotatable bonds is 3. The first kappa shape index (κ1) is 12.2. The van der Waals surface area contributed by atoms with E-state index in [1.807, 2.05) is 30.3 Å². The van der Waals surface area contributed by atoms with Crippen LogP contribution in [0.5, 0.6) is 0 Å². The van der Waals surface area contributed by atoms with E-state index in [9.17, 15) is 9.59 Å². The van der Waals surface area contributed by atoms with Crippen LogP contribution in [0.1, 0.15) is 6.42 Å². The van der Waals surface area contributed by atoms with Crippen molar-refractivity contribution in [1.29, 1.82) is 0 Å². The van der Waals surface area contributed by atoms with Crippen molar-refractivity contribution in [2.24, 2.45) is 0 Å². The summed E-state index contributed by atoms with van der Waals surface area (Å²) in [6.45, 7) is 0.0744. The molecule has 1 aromatic heterocycles. The fraction of sp³-hybridized carbons (Fsp3) is 0.231. The van der Waals surface area contributed by atoms with Gasteiger partial charge in [0.15, 0.2) is 0 Å². The summed E-state index contributed by atoms with van der Waals surface area (Å²) in [5.41, 5.74) is 0.794. The third kappa shape index (κ3) is 2.51. The Bertz CT molecular complexity index is 574. The molecular formula is C13H14N2O3. The van der Waals surface area contributed by atoms with E-state index >= 15 is 0 Å². The Morgan fingerprint density at radius 3 is 2.83 bits per heavy atom. The highest BCUT2D eigenvalue weighted by molar-refractivity contribution is 5.89. The molecule has 0 aliphatic rings. The highest BCUT2D eigenvalue weighted by Crippen LogP contribution is 2.15. The van der Waals surface area contributed by atoms with Crippen molar-refractivity contribution in [2.75, 3.05) is 13.7 Å². The average Bonchev–Trinajstić information content (AvgIpc) is 2.82. The Kier molecular flexibility index (Phi) is 3.62. The number of carbonyl (C=O) groups is 2. The number of ether oxygens (including phenoxy) is 1. The predicted molar refractivity (Wildman–Crippen MR) is 67.4 cm³/mol. The standard InChI is InChI=1S/C13H14N2O3/c1-14-12(16)7-9-18-13(17)15-8-6-10-4-2-3-5-11(10)15/h2-6,8H,7,9H2,1H3,(H,14,16). The van der Waals surface area contributed by atoms with E-state index in [4.69, 9.17) is 4.74 Å². The molecule has 0 spiro atoms. The van der Waals surface area contributed by atoms with Crippen molar-refractivity contribution in [2.45, 2.75) is 6.42 Å². The van der Waals surface area contributed by atoms with Crippen molar-refractivity contribution in [3.63, 3.8) is 0 Å². The van der Waals surface area contributed by atoms with Crippen LogP contribution in [-0.2, 0) is 9.53 Å². The van der Waals surface area contributed by atoms with Crippen molar-refractivity contribution in [3.8, 4) is 0 Å². The Balaban J connectivity index is 2.03. The molecule has 5 heteroatoms. The summed E-state index contributed by atoms with van der Waals surface area (Å²) >= 11 is 0. The quantitative estimate of drug-likeness (QED) is 0.897. The highest BCUT2D eigenvalue weighted by Gasteiger charge is 2.09. The number of carbonyl (C=O) groups excluding carboxylic acids is 2. The molecule has 1 N–H and O–H groups in total. The van der Waals surface area contributed by atoms with Crippen LogP contribution >= 0.6 is 0 Å². The highest BCUT2D eigenvalue weighted by atomic mass is 16.5. The molecule has 18 heavy (non-hydrogen) atoms. The normalized spacial score (nSPS) is 10.3. The van der Waals surface area contributed by atoms with Crippen LogP contribution in [0.25, 0.3) is 10.9 Å². The minimum Gasteiger partial charge on any atom is -0.448 e. The SMILES string of the molecule is CNC(=O)CCOC(=O)n1ccc2ccccc21. The minimum absolute atomic E-state index is 0.0744. The molecule has 2 aromatic rings. The molecule has 5 nitrogen and oxygen atoms in total. The lowest BCUT2D eigenvalue weighted by molar-refractivity contribution is -0.121. The molecule has 1 heterocycles. The minimum atomic E-state index is -0.472. The first-order valence-electron chi connectivity index (χ1n) is 5.66. The number of fused-ring (bicyclic) bond motifs is 1. The summed E-state index contributed by atoms with van der Waals surface area (Å²) < 4.78 is 6.46. The summed E-state index contributed by atoms with van der Waals surface area (Å²) in [6, 6.07) is 9.37. The first-order chi connectivity index (χ1) is 8.72.